The summed E-state index contributed by atoms with van der Waals surface area (Å²) >= 11 is 2.03. The number of nitrogens with one attached hydrogen (secondary N) is 1. The van der Waals surface area contributed by atoms with Crippen molar-refractivity contribution in [1.29, 1.82) is 0 Å². The van der Waals surface area contributed by atoms with E-state index in [2.05, 4.69) is 15.0 Å². The number of aliphatic hydroxyl groups is 1. The van der Waals surface area contributed by atoms with E-state index in [0.717, 1.165) is 16.2 Å². The Morgan fingerprint density at radius 2 is 1.91 bits per heavy atom. The molecule has 2 unspecified atom stereocenters. The summed E-state index contributed by atoms with van der Waals surface area (Å²) in [6, 6.07) is -0.279. The highest BCUT2D eigenvalue weighted by Crippen LogP contribution is 2.45. The Labute approximate surface area is 193 Å². The zero-order valence-electron chi connectivity index (χ0n) is 18.3. The van der Waals surface area contributed by atoms with E-state index in [1.807, 2.05) is 11.8 Å². The lowest BCUT2D eigenvalue weighted by atomic mass is 10.1. The summed E-state index contributed by atoms with van der Waals surface area (Å²) < 4.78 is 41.1. The van der Waals surface area contributed by atoms with Gasteiger partial charge in [-0.2, -0.15) is 13.2 Å². The summed E-state index contributed by atoms with van der Waals surface area (Å²) in [7, 11) is 3.32. The number of thiazole rings is 2. The standard InChI is InChI=1S/C19H21F3N6O3S2/c1-8-12(33-16(24-8)18(3,31)19(20,21)22)14-23-6-10(32-14)9(2)28-7-26(4)11-13(29)25-17(30)27(5)15(11)28/h6,9,31H,7H2,1-5H3,(H,25,29,30). The van der Waals surface area contributed by atoms with Gasteiger partial charge in [0.15, 0.2) is 0 Å². The Hall–Kier alpha value is -2.71. The molecule has 2 atom stereocenters. The lowest BCUT2D eigenvalue weighted by molar-refractivity contribution is -0.258. The largest absolute Gasteiger partial charge is 0.423 e. The van der Waals surface area contributed by atoms with Gasteiger partial charge in [0, 0.05) is 25.2 Å². The second-order valence-electron chi connectivity index (χ2n) is 8.05. The number of anilines is 2. The van der Waals surface area contributed by atoms with Gasteiger partial charge in [-0.05, 0) is 20.8 Å². The summed E-state index contributed by atoms with van der Waals surface area (Å²) in [6.45, 7) is 4.51. The van der Waals surface area contributed by atoms with Crippen LogP contribution in [0.5, 0.6) is 0 Å². The molecule has 4 rings (SSSR count). The number of halogens is 3. The molecule has 0 saturated carbocycles. The fraction of sp³-hybridized carbons (Fsp3) is 0.474. The molecule has 0 aromatic carbocycles. The normalized spacial score (nSPS) is 16.8. The van der Waals surface area contributed by atoms with Crippen LogP contribution in [0.15, 0.2) is 15.8 Å². The van der Waals surface area contributed by atoms with Gasteiger partial charge in [-0.15, -0.1) is 22.7 Å². The molecule has 0 amide bonds. The smallest absolute Gasteiger partial charge is 0.375 e. The molecule has 9 nitrogen and oxygen atoms in total. The predicted molar refractivity (Wildman–Crippen MR) is 120 cm³/mol. The van der Waals surface area contributed by atoms with Gasteiger partial charge >= 0.3 is 11.9 Å². The Balaban J connectivity index is 1.69. The maximum absolute atomic E-state index is 13.2. The summed E-state index contributed by atoms with van der Waals surface area (Å²) in [6.07, 6.45) is -3.24. The van der Waals surface area contributed by atoms with Crippen LogP contribution in [-0.2, 0) is 12.6 Å². The summed E-state index contributed by atoms with van der Waals surface area (Å²) in [5.74, 6) is 0.478. The van der Waals surface area contributed by atoms with Gasteiger partial charge < -0.3 is 14.9 Å². The van der Waals surface area contributed by atoms with Crippen molar-refractivity contribution in [3.8, 4) is 9.88 Å². The molecular weight excluding hydrogens is 481 g/mol. The lowest BCUT2D eigenvalue weighted by Crippen LogP contribution is -2.39. The molecule has 0 radical (unpaired) electrons. The molecule has 0 spiro atoms. The van der Waals surface area contributed by atoms with E-state index in [1.165, 1.54) is 15.9 Å². The van der Waals surface area contributed by atoms with Crippen LogP contribution >= 0.6 is 22.7 Å². The third kappa shape index (κ3) is 3.65. The number of nitrogens with zero attached hydrogens (tertiary/aromatic N) is 5. The molecule has 2 N–H and O–H groups in total. The lowest BCUT2D eigenvalue weighted by Gasteiger charge is -2.26. The molecule has 14 heteroatoms. The fourth-order valence-electron chi connectivity index (χ4n) is 3.60. The van der Waals surface area contributed by atoms with Crippen molar-refractivity contribution < 1.29 is 18.3 Å². The van der Waals surface area contributed by atoms with Gasteiger partial charge in [0.2, 0.25) is 5.60 Å². The average molecular weight is 503 g/mol. The Morgan fingerprint density at radius 1 is 1.24 bits per heavy atom. The quantitative estimate of drug-likeness (QED) is 0.565. The maximum atomic E-state index is 13.2. The SMILES string of the molecule is Cc1nc(C(C)(O)C(F)(F)F)sc1-c1ncc(C(C)N2CN(C)c3c2n(C)c(=O)[nH]c3=O)s1. The van der Waals surface area contributed by atoms with Crippen molar-refractivity contribution in [1.82, 2.24) is 19.5 Å². The van der Waals surface area contributed by atoms with E-state index in [9.17, 15) is 27.9 Å². The Kier molecular flexibility index (Phi) is 5.45. The zero-order valence-corrected chi connectivity index (χ0v) is 19.9. The number of hydrogen-bond donors (Lipinski definition) is 2. The van der Waals surface area contributed by atoms with Crippen LogP contribution in [0.2, 0.25) is 0 Å². The molecule has 3 aromatic heterocycles. The number of aromatic amines is 1. The highest BCUT2D eigenvalue weighted by atomic mass is 32.1. The van der Waals surface area contributed by atoms with Gasteiger partial charge in [0.25, 0.3) is 5.56 Å². The molecular formula is C19H21F3N6O3S2. The summed E-state index contributed by atoms with van der Waals surface area (Å²) in [4.78, 5) is 40.0. The molecule has 33 heavy (non-hydrogen) atoms. The van der Waals surface area contributed by atoms with Crippen LogP contribution in [0, 0.1) is 6.92 Å². The molecule has 178 valence electrons. The van der Waals surface area contributed by atoms with E-state index < -0.39 is 28.0 Å². The first-order valence-electron chi connectivity index (χ1n) is 9.78. The van der Waals surface area contributed by atoms with Crippen molar-refractivity contribution in [2.24, 2.45) is 7.05 Å². The molecule has 0 aliphatic carbocycles. The van der Waals surface area contributed by atoms with Gasteiger partial charge in [0.1, 0.15) is 21.5 Å². The van der Waals surface area contributed by atoms with Crippen molar-refractivity contribution in [3.63, 3.8) is 0 Å². The average Bonchev–Trinajstić information content (AvgIpc) is 3.41. The van der Waals surface area contributed by atoms with Crippen LogP contribution < -0.4 is 21.0 Å². The topological polar surface area (TPSA) is 107 Å². The van der Waals surface area contributed by atoms with Crippen LogP contribution in [-0.4, -0.2) is 44.5 Å². The second-order valence-corrected chi connectivity index (χ2v) is 10.1. The van der Waals surface area contributed by atoms with Crippen molar-refractivity contribution in [3.05, 3.63) is 42.6 Å². The number of rotatable bonds is 4. The minimum Gasteiger partial charge on any atom is -0.375 e. The van der Waals surface area contributed by atoms with Crippen molar-refractivity contribution in [2.45, 2.75) is 38.6 Å². The van der Waals surface area contributed by atoms with E-state index >= 15 is 0 Å². The first-order chi connectivity index (χ1) is 15.2. The minimum absolute atomic E-state index is 0.279. The van der Waals surface area contributed by atoms with Crippen LogP contribution in [0.4, 0.5) is 24.7 Å². The third-order valence-electron chi connectivity index (χ3n) is 5.65. The first kappa shape index (κ1) is 23.4. The summed E-state index contributed by atoms with van der Waals surface area (Å²) in [5.41, 5.74) is -3.34. The molecule has 1 aliphatic heterocycles. The van der Waals surface area contributed by atoms with Crippen LogP contribution in [0.3, 0.4) is 0 Å². The van der Waals surface area contributed by atoms with Gasteiger partial charge in [-0.25, -0.2) is 14.8 Å². The number of aryl methyl sites for hydroxylation is 1. The molecule has 0 bridgehead atoms. The molecule has 1 aliphatic rings. The number of aromatic nitrogens is 4. The zero-order chi connectivity index (χ0) is 24.5. The number of fused-ring (bicyclic) bond motifs is 1. The maximum Gasteiger partial charge on any atom is 0.423 e. The fourth-order valence-corrected chi connectivity index (χ4v) is 5.85. The number of hydrogen-bond acceptors (Lipinski definition) is 9. The van der Waals surface area contributed by atoms with Crippen molar-refractivity contribution in [2.75, 3.05) is 23.5 Å². The van der Waals surface area contributed by atoms with E-state index in [0.29, 0.717) is 40.7 Å². The van der Waals surface area contributed by atoms with Crippen LogP contribution in [0.25, 0.3) is 9.88 Å². The monoisotopic (exact) mass is 502 g/mol. The van der Waals surface area contributed by atoms with Crippen LogP contribution in [0.1, 0.15) is 35.5 Å². The van der Waals surface area contributed by atoms with E-state index in [-0.39, 0.29) is 6.04 Å². The highest BCUT2D eigenvalue weighted by Gasteiger charge is 2.53. The van der Waals surface area contributed by atoms with Gasteiger partial charge in [-0.3, -0.25) is 14.3 Å². The minimum atomic E-state index is -4.86. The Bertz CT molecular complexity index is 1340. The molecule has 4 heterocycles. The number of H-pyrrole nitrogens is 1. The van der Waals surface area contributed by atoms with E-state index in [1.54, 1.807) is 32.1 Å². The third-order valence-corrected chi connectivity index (χ3v) is 8.34. The first-order valence-corrected chi connectivity index (χ1v) is 11.4. The van der Waals surface area contributed by atoms with Gasteiger partial charge in [-0.1, -0.05) is 0 Å². The second kappa shape index (κ2) is 7.67. The molecule has 3 aromatic rings. The Morgan fingerprint density at radius 3 is 2.55 bits per heavy atom. The van der Waals surface area contributed by atoms with E-state index in [4.69, 9.17) is 0 Å². The molecule has 0 fully saturated rings. The van der Waals surface area contributed by atoms with Crippen molar-refractivity contribution >= 4 is 34.2 Å². The van der Waals surface area contributed by atoms with Gasteiger partial charge in [0.05, 0.1) is 23.3 Å². The predicted octanol–water partition coefficient (Wildman–Crippen LogP) is 2.71. The highest BCUT2D eigenvalue weighted by molar-refractivity contribution is 7.21. The summed E-state index contributed by atoms with van der Waals surface area (Å²) in [5, 5.41) is 10.00. The molecule has 0 saturated heterocycles. The number of alkyl halides is 3.